The monoisotopic (exact) mass is 970 g/mol. The number of fused-ring (bicyclic) bond motifs is 14. The molecule has 0 amide bonds. The van der Waals surface area contributed by atoms with Gasteiger partial charge in [-0.15, -0.1) is 0 Å². The molecule has 358 valence electrons. The largest absolute Gasteiger partial charge is 0.320 e. The lowest BCUT2D eigenvalue weighted by Gasteiger charge is -2.34. The summed E-state index contributed by atoms with van der Waals surface area (Å²) >= 11 is 0. The number of benzene rings is 10. The number of rotatable bonds is 8. The van der Waals surface area contributed by atoms with E-state index in [1.807, 2.05) is 0 Å². The predicted octanol–water partition coefficient (Wildman–Crippen LogP) is 17.0. The van der Waals surface area contributed by atoms with E-state index >= 15 is 0 Å². The first-order valence-corrected chi connectivity index (χ1v) is 26.4. The molecule has 0 radical (unpaired) electrons. The number of hydrogen-bond donors (Lipinski definition) is 2. The second-order valence-electron chi connectivity index (χ2n) is 20.3. The molecule has 2 aromatic heterocycles. The second kappa shape index (κ2) is 17.2. The maximum Gasteiger partial charge on any atom is 0.163 e. The first-order valence-electron chi connectivity index (χ1n) is 26.4. The van der Waals surface area contributed by atoms with Crippen LogP contribution >= 0.6 is 0 Å². The lowest BCUT2D eigenvalue weighted by Crippen LogP contribution is -2.29. The molecular formula is C72H50N4. The average Bonchev–Trinajstić information content (AvgIpc) is 4.31. The summed E-state index contributed by atoms with van der Waals surface area (Å²) in [5, 5.41) is 18.2. The second-order valence-corrected chi connectivity index (χ2v) is 20.3. The van der Waals surface area contributed by atoms with Gasteiger partial charge in [0.25, 0.3) is 0 Å². The summed E-state index contributed by atoms with van der Waals surface area (Å²) in [5.74, 6) is 1.02. The lowest BCUT2D eigenvalue weighted by atomic mass is 9.67. The van der Waals surface area contributed by atoms with E-state index in [2.05, 4.69) is 287 Å². The van der Waals surface area contributed by atoms with Crippen LogP contribution in [0.2, 0.25) is 0 Å². The fourth-order valence-corrected chi connectivity index (χ4v) is 13.7. The number of nitrogens with zero attached hydrogens (tertiary/aromatic N) is 2. The Morgan fingerprint density at radius 2 is 0.895 bits per heavy atom. The number of aromatic nitrogens is 2. The van der Waals surface area contributed by atoms with Crippen LogP contribution in [0.15, 0.2) is 272 Å². The third-order valence-corrected chi connectivity index (χ3v) is 16.7. The summed E-state index contributed by atoms with van der Waals surface area (Å²) in [6.45, 7) is 0. The number of amidine groups is 1. The summed E-state index contributed by atoms with van der Waals surface area (Å²) in [7, 11) is 0. The van der Waals surface area contributed by atoms with E-state index in [1.165, 1.54) is 82.9 Å². The molecule has 0 bridgehead atoms. The minimum Gasteiger partial charge on any atom is -0.320 e. The van der Waals surface area contributed by atoms with Crippen molar-refractivity contribution >= 4 is 61.5 Å². The summed E-state index contributed by atoms with van der Waals surface area (Å²) < 4.78 is 4.64. The van der Waals surface area contributed by atoms with Gasteiger partial charge in [0, 0.05) is 21.5 Å². The van der Waals surface area contributed by atoms with Gasteiger partial charge in [-0.05, 0) is 109 Å². The van der Waals surface area contributed by atoms with E-state index in [0.717, 1.165) is 45.9 Å². The smallest absolute Gasteiger partial charge is 0.163 e. The fourth-order valence-electron chi connectivity index (χ4n) is 13.7. The Balaban J connectivity index is 1.04. The zero-order valence-corrected chi connectivity index (χ0v) is 41.7. The van der Waals surface area contributed by atoms with Crippen LogP contribution < -0.4 is 5.32 Å². The van der Waals surface area contributed by atoms with E-state index in [9.17, 15) is 5.41 Å². The van der Waals surface area contributed by atoms with E-state index in [0.29, 0.717) is 11.7 Å². The molecule has 3 aliphatic rings. The van der Waals surface area contributed by atoms with Crippen molar-refractivity contribution in [2.75, 3.05) is 0 Å². The third kappa shape index (κ3) is 6.11. The Bertz CT molecular complexity index is 4390. The van der Waals surface area contributed by atoms with E-state index < -0.39 is 10.8 Å². The molecule has 76 heavy (non-hydrogen) atoms. The summed E-state index contributed by atoms with van der Waals surface area (Å²) in [6, 6.07) is 89.1. The first-order chi connectivity index (χ1) is 37.7. The molecule has 0 spiro atoms. The van der Waals surface area contributed by atoms with Crippen LogP contribution in [0.4, 0.5) is 0 Å². The van der Waals surface area contributed by atoms with Crippen molar-refractivity contribution in [3.63, 3.8) is 0 Å². The van der Waals surface area contributed by atoms with Crippen molar-refractivity contribution in [3.8, 4) is 22.3 Å². The molecule has 3 aliphatic carbocycles. The highest BCUT2D eigenvalue weighted by Gasteiger charge is 2.49. The Hall–Kier alpha value is -9.73. The van der Waals surface area contributed by atoms with Crippen molar-refractivity contribution in [2.24, 2.45) is 0 Å². The van der Waals surface area contributed by atoms with Gasteiger partial charge in [0.2, 0.25) is 0 Å². The van der Waals surface area contributed by atoms with Crippen LogP contribution in [0, 0.1) is 5.41 Å². The number of nitrogens with one attached hydrogen (secondary N) is 2. The molecule has 0 fully saturated rings. The molecule has 2 N–H and O–H groups in total. The number of allylic oxidation sites excluding steroid dienone is 3. The molecule has 4 nitrogen and oxygen atoms in total. The SMILES string of the molecule is N=C(NC(=C=Cn1c2ccccc2c2c3c(ccc21)-c1ccccc1C3(c1ccccc1)c1ccccc1)n1c2ccccc2c2c3c(ccc21)-c1ccccc1C3(c1ccccc1)c1ccccc1)C1=CC=CCC1. The summed E-state index contributed by atoms with van der Waals surface area (Å²) in [5.41, 5.74) is 22.8. The normalized spacial score (nSPS) is 14.4. The Morgan fingerprint density at radius 3 is 1.42 bits per heavy atom. The summed E-state index contributed by atoms with van der Waals surface area (Å²) in [4.78, 5) is 0. The maximum absolute atomic E-state index is 9.79. The van der Waals surface area contributed by atoms with Crippen molar-refractivity contribution < 1.29 is 0 Å². The van der Waals surface area contributed by atoms with Gasteiger partial charge in [0.1, 0.15) is 5.84 Å². The van der Waals surface area contributed by atoms with Gasteiger partial charge >= 0.3 is 0 Å². The van der Waals surface area contributed by atoms with Crippen LogP contribution in [0.3, 0.4) is 0 Å². The Morgan fingerprint density at radius 1 is 0.447 bits per heavy atom. The molecular weight excluding hydrogens is 921 g/mol. The highest BCUT2D eigenvalue weighted by atomic mass is 15.2. The van der Waals surface area contributed by atoms with E-state index in [4.69, 9.17) is 0 Å². The van der Waals surface area contributed by atoms with Crippen LogP contribution in [0.25, 0.3) is 77.9 Å². The molecule has 2 heterocycles. The van der Waals surface area contributed by atoms with Gasteiger partial charge in [-0.2, -0.15) is 0 Å². The molecule has 0 unspecified atom stereocenters. The minimum atomic E-state index is -0.625. The van der Waals surface area contributed by atoms with Crippen molar-refractivity contribution in [1.29, 1.82) is 5.41 Å². The summed E-state index contributed by atoms with van der Waals surface area (Å²) in [6.07, 6.45) is 10.1. The van der Waals surface area contributed by atoms with Gasteiger partial charge in [-0.1, -0.05) is 242 Å². The van der Waals surface area contributed by atoms with E-state index in [1.54, 1.807) is 0 Å². The maximum atomic E-state index is 9.79. The molecule has 12 aromatic rings. The zero-order chi connectivity index (χ0) is 50.4. The van der Waals surface area contributed by atoms with Gasteiger partial charge in [0.05, 0.1) is 39.1 Å². The standard InChI is InChI=1S/C72H50N4/c73-70(48-24-6-1-7-25-48)74-65(76-62-41-23-19-37-58(62)67-64(76)45-43-56-54-35-17-21-39-60(54)72(69(56)67,51-30-12-4-13-31-51)52-32-14-5-15-33-52)46-47-75-61-40-22-18-36-57(61)66-63(75)44-42-55-53-34-16-20-38-59(53)71(68(55)66,49-26-8-2-9-27-49)50-28-10-3-11-29-50/h1-6,8-24,26-45,47H,7,25H2,(H2,73,74). The highest BCUT2D eigenvalue weighted by molar-refractivity contribution is 6.18. The average molecular weight is 971 g/mol. The molecule has 0 atom stereocenters. The lowest BCUT2D eigenvalue weighted by molar-refractivity contribution is 0.776. The van der Waals surface area contributed by atoms with Crippen LogP contribution in [0.1, 0.15) is 57.3 Å². The van der Waals surface area contributed by atoms with Gasteiger partial charge in [-0.25, -0.2) is 0 Å². The number of hydrogen-bond acceptors (Lipinski definition) is 1. The van der Waals surface area contributed by atoms with Gasteiger partial charge in [-0.3, -0.25) is 9.98 Å². The first kappa shape index (κ1) is 43.8. The van der Waals surface area contributed by atoms with Gasteiger partial charge < -0.3 is 9.88 Å². The molecule has 4 heteroatoms. The Labute approximate surface area is 441 Å². The van der Waals surface area contributed by atoms with Crippen molar-refractivity contribution in [3.05, 3.63) is 317 Å². The molecule has 15 rings (SSSR count). The molecule has 0 saturated carbocycles. The van der Waals surface area contributed by atoms with Crippen molar-refractivity contribution in [2.45, 2.75) is 23.7 Å². The van der Waals surface area contributed by atoms with Crippen LogP contribution in [-0.4, -0.2) is 15.0 Å². The minimum absolute atomic E-state index is 0.357. The molecule has 0 aliphatic heterocycles. The quantitative estimate of drug-likeness (QED) is 0.0890. The van der Waals surface area contributed by atoms with Crippen molar-refractivity contribution in [1.82, 2.24) is 14.5 Å². The Kier molecular flexibility index (Phi) is 9.91. The van der Waals surface area contributed by atoms with E-state index in [-0.39, 0.29) is 0 Å². The number of para-hydroxylation sites is 2. The predicted molar refractivity (Wildman–Crippen MR) is 315 cm³/mol. The molecule has 0 saturated heterocycles. The fraction of sp³-hybridized carbons (Fsp3) is 0.0556. The third-order valence-electron chi connectivity index (χ3n) is 16.7. The van der Waals surface area contributed by atoms with Crippen LogP contribution in [-0.2, 0) is 10.8 Å². The van der Waals surface area contributed by atoms with Gasteiger partial charge in [0.15, 0.2) is 5.82 Å². The highest BCUT2D eigenvalue weighted by Crippen LogP contribution is 2.61. The topological polar surface area (TPSA) is 45.7 Å². The zero-order valence-electron chi connectivity index (χ0n) is 41.7. The molecule has 10 aromatic carbocycles. The van der Waals surface area contributed by atoms with Crippen LogP contribution in [0.5, 0.6) is 0 Å².